The van der Waals surface area contributed by atoms with E-state index in [2.05, 4.69) is 33.8 Å². The third kappa shape index (κ3) is 2.80. The molecule has 1 heterocycles. The SMILES string of the molecule is Cl.NNc1nnc(-c2ccccc2-c2ccccc2)s1. The molecule has 4 nitrogen and oxygen atoms in total. The average molecular weight is 305 g/mol. The number of nitrogen functional groups attached to an aromatic ring is 1. The van der Waals surface area contributed by atoms with E-state index in [-0.39, 0.29) is 12.4 Å². The van der Waals surface area contributed by atoms with Crippen molar-refractivity contribution in [3.63, 3.8) is 0 Å². The number of hydrazine groups is 1. The first kappa shape index (κ1) is 14.5. The number of hydrogen-bond donors (Lipinski definition) is 2. The van der Waals surface area contributed by atoms with E-state index in [1.807, 2.05) is 36.4 Å². The van der Waals surface area contributed by atoms with Crippen molar-refractivity contribution in [2.75, 3.05) is 5.43 Å². The van der Waals surface area contributed by atoms with Gasteiger partial charge in [-0.1, -0.05) is 65.9 Å². The second-order valence-electron chi connectivity index (χ2n) is 3.97. The highest BCUT2D eigenvalue weighted by Crippen LogP contribution is 2.34. The Labute approximate surface area is 127 Å². The van der Waals surface area contributed by atoms with E-state index in [0.717, 1.165) is 21.7 Å². The van der Waals surface area contributed by atoms with Crippen LogP contribution >= 0.6 is 23.7 Å². The molecule has 0 amide bonds. The molecule has 0 aliphatic carbocycles. The summed E-state index contributed by atoms with van der Waals surface area (Å²) < 4.78 is 0. The molecule has 0 unspecified atom stereocenters. The molecule has 0 radical (unpaired) electrons. The number of benzene rings is 2. The molecule has 0 aliphatic rings. The highest BCUT2D eigenvalue weighted by molar-refractivity contribution is 7.18. The number of halogens is 1. The Morgan fingerprint density at radius 2 is 1.50 bits per heavy atom. The fraction of sp³-hybridized carbons (Fsp3) is 0. The maximum Gasteiger partial charge on any atom is 0.220 e. The van der Waals surface area contributed by atoms with Gasteiger partial charge in [0.1, 0.15) is 5.01 Å². The molecule has 0 fully saturated rings. The van der Waals surface area contributed by atoms with Crippen LogP contribution in [0, 0.1) is 0 Å². The number of nitrogens with one attached hydrogen (secondary N) is 1. The fourth-order valence-electron chi connectivity index (χ4n) is 1.93. The molecule has 0 atom stereocenters. The lowest BCUT2D eigenvalue weighted by molar-refractivity contribution is 1.08. The molecular weight excluding hydrogens is 292 g/mol. The first-order valence-electron chi connectivity index (χ1n) is 5.83. The van der Waals surface area contributed by atoms with Crippen LogP contribution < -0.4 is 11.3 Å². The predicted octanol–water partition coefficient (Wildman–Crippen LogP) is 3.58. The summed E-state index contributed by atoms with van der Waals surface area (Å²) in [5.74, 6) is 5.35. The second-order valence-corrected chi connectivity index (χ2v) is 4.95. The topological polar surface area (TPSA) is 63.8 Å². The van der Waals surface area contributed by atoms with Crippen molar-refractivity contribution < 1.29 is 0 Å². The number of nitrogens with zero attached hydrogens (tertiary/aromatic N) is 2. The van der Waals surface area contributed by atoms with Crippen LogP contribution in [0.1, 0.15) is 0 Å². The summed E-state index contributed by atoms with van der Waals surface area (Å²) in [5, 5.41) is 9.61. The van der Waals surface area contributed by atoms with Gasteiger partial charge in [0.25, 0.3) is 0 Å². The van der Waals surface area contributed by atoms with Gasteiger partial charge in [-0.15, -0.1) is 22.6 Å². The van der Waals surface area contributed by atoms with Crippen LogP contribution in [-0.4, -0.2) is 10.2 Å². The van der Waals surface area contributed by atoms with Gasteiger partial charge < -0.3 is 0 Å². The lowest BCUT2D eigenvalue weighted by atomic mass is 10.0. The van der Waals surface area contributed by atoms with Crippen LogP contribution in [0.15, 0.2) is 54.6 Å². The predicted molar refractivity (Wildman–Crippen MR) is 85.8 cm³/mol. The molecule has 3 rings (SSSR count). The summed E-state index contributed by atoms with van der Waals surface area (Å²) in [6, 6.07) is 18.4. The normalized spacial score (nSPS) is 9.85. The molecule has 0 saturated carbocycles. The lowest BCUT2D eigenvalue weighted by Crippen LogP contribution is -2.05. The van der Waals surface area contributed by atoms with E-state index in [4.69, 9.17) is 5.84 Å². The number of anilines is 1. The minimum atomic E-state index is 0. The molecule has 20 heavy (non-hydrogen) atoms. The first-order valence-corrected chi connectivity index (χ1v) is 6.65. The number of hydrogen-bond acceptors (Lipinski definition) is 5. The summed E-state index contributed by atoms with van der Waals surface area (Å²) in [5.41, 5.74) is 5.89. The Morgan fingerprint density at radius 3 is 2.15 bits per heavy atom. The van der Waals surface area contributed by atoms with Gasteiger partial charge in [0.05, 0.1) is 0 Å². The Balaban J connectivity index is 0.00000147. The molecule has 6 heteroatoms. The van der Waals surface area contributed by atoms with Gasteiger partial charge in [-0.3, -0.25) is 5.43 Å². The molecular formula is C14H13ClN4S. The van der Waals surface area contributed by atoms with E-state index in [1.165, 1.54) is 11.3 Å². The van der Waals surface area contributed by atoms with Crippen molar-refractivity contribution in [3.8, 4) is 21.7 Å². The molecule has 102 valence electrons. The van der Waals surface area contributed by atoms with E-state index in [0.29, 0.717) is 5.13 Å². The Kier molecular flexibility index (Phi) is 4.68. The van der Waals surface area contributed by atoms with E-state index < -0.39 is 0 Å². The zero-order chi connectivity index (χ0) is 13.1. The van der Waals surface area contributed by atoms with Crippen LogP contribution in [0.2, 0.25) is 0 Å². The highest BCUT2D eigenvalue weighted by Gasteiger charge is 2.11. The van der Waals surface area contributed by atoms with Crippen molar-refractivity contribution in [1.29, 1.82) is 0 Å². The van der Waals surface area contributed by atoms with Crippen molar-refractivity contribution in [2.24, 2.45) is 5.84 Å². The Hall–Kier alpha value is -1.95. The Morgan fingerprint density at radius 1 is 0.850 bits per heavy atom. The molecule has 3 aromatic rings. The third-order valence-electron chi connectivity index (χ3n) is 2.79. The maximum atomic E-state index is 5.35. The first-order chi connectivity index (χ1) is 9.38. The molecule has 0 bridgehead atoms. The quantitative estimate of drug-likeness (QED) is 0.573. The van der Waals surface area contributed by atoms with Crippen LogP contribution in [0.4, 0.5) is 5.13 Å². The van der Waals surface area contributed by atoms with Crippen LogP contribution in [0.5, 0.6) is 0 Å². The molecule has 2 aromatic carbocycles. The van der Waals surface area contributed by atoms with Gasteiger partial charge >= 0.3 is 0 Å². The molecule has 0 aliphatic heterocycles. The maximum absolute atomic E-state index is 5.35. The molecule has 0 saturated heterocycles. The summed E-state index contributed by atoms with van der Waals surface area (Å²) in [6.07, 6.45) is 0. The van der Waals surface area contributed by atoms with Crippen molar-refractivity contribution >= 4 is 28.9 Å². The van der Waals surface area contributed by atoms with Gasteiger partial charge in [-0.25, -0.2) is 5.84 Å². The fourth-order valence-corrected chi connectivity index (χ4v) is 2.62. The summed E-state index contributed by atoms with van der Waals surface area (Å²) in [6.45, 7) is 0. The molecule has 3 N–H and O–H groups in total. The zero-order valence-corrected chi connectivity index (χ0v) is 12.1. The summed E-state index contributed by atoms with van der Waals surface area (Å²) in [4.78, 5) is 0. The zero-order valence-electron chi connectivity index (χ0n) is 10.5. The number of aromatic nitrogens is 2. The van der Waals surface area contributed by atoms with Crippen LogP contribution in [-0.2, 0) is 0 Å². The third-order valence-corrected chi connectivity index (χ3v) is 3.68. The van der Waals surface area contributed by atoms with Crippen LogP contribution in [0.3, 0.4) is 0 Å². The highest BCUT2D eigenvalue weighted by atomic mass is 35.5. The van der Waals surface area contributed by atoms with E-state index >= 15 is 0 Å². The smallest absolute Gasteiger partial charge is 0.220 e. The summed E-state index contributed by atoms with van der Waals surface area (Å²) in [7, 11) is 0. The van der Waals surface area contributed by atoms with E-state index in [1.54, 1.807) is 0 Å². The van der Waals surface area contributed by atoms with Gasteiger partial charge in [-0.2, -0.15) is 0 Å². The lowest BCUT2D eigenvalue weighted by Gasteiger charge is -2.06. The van der Waals surface area contributed by atoms with E-state index in [9.17, 15) is 0 Å². The molecule has 1 aromatic heterocycles. The van der Waals surface area contributed by atoms with Gasteiger partial charge in [0.15, 0.2) is 0 Å². The monoisotopic (exact) mass is 304 g/mol. The average Bonchev–Trinajstić information content (AvgIpc) is 2.97. The van der Waals surface area contributed by atoms with Gasteiger partial charge in [0, 0.05) is 5.56 Å². The summed E-state index contributed by atoms with van der Waals surface area (Å²) >= 11 is 1.44. The Bertz CT molecular complexity index is 684. The largest absolute Gasteiger partial charge is 0.298 e. The van der Waals surface area contributed by atoms with Crippen LogP contribution in [0.25, 0.3) is 21.7 Å². The van der Waals surface area contributed by atoms with Crippen molar-refractivity contribution in [1.82, 2.24) is 10.2 Å². The van der Waals surface area contributed by atoms with Crippen molar-refractivity contribution in [3.05, 3.63) is 54.6 Å². The minimum absolute atomic E-state index is 0. The minimum Gasteiger partial charge on any atom is -0.298 e. The second kappa shape index (κ2) is 6.47. The number of nitrogens with two attached hydrogens (primary N) is 1. The standard InChI is InChI=1S/C14H12N4S.ClH/c15-16-14-18-17-13(19-14)12-9-5-4-8-11(12)10-6-2-1-3-7-10;/h1-9H,15H2,(H,16,18);1H. The van der Waals surface area contributed by atoms with Gasteiger partial charge in [-0.05, 0) is 11.1 Å². The van der Waals surface area contributed by atoms with Gasteiger partial charge in [0.2, 0.25) is 5.13 Å². The van der Waals surface area contributed by atoms with Crippen molar-refractivity contribution in [2.45, 2.75) is 0 Å². The number of rotatable bonds is 3. The molecule has 0 spiro atoms.